The van der Waals surface area contributed by atoms with Crippen molar-refractivity contribution in [2.75, 3.05) is 6.61 Å². The zero-order valence-corrected chi connectivity index (χ0v) is 11.2. The largest absolute Gasteiger partial charge is 0.454 e. The van der Waals surface area contributed by atoms with Crippen molar-refractivity contribution in [2.45, 2.75) is 25.4 Å². The van der Waals surface area contributed by atoms with Gasteiger partial charge < -0.3 is 15.4 Å². The lowest BCUT2D eigenvalue weighted by atomic mass is 10.2. The van der Waals surface area contributed by atoms with Gasteiger partial charge in [-0.05, 0) is 12.5 Å². The number of benzene rings is 1. The normalized spacial score (nSPS) is 17.2. The van der Waals surface area contributed by atoms with Crippen molar-refractivity contribution >= 4 is 17.8 Å². The molecule has 0 aromatic heterocycles. The first-order valence-electron chi connectivity index (χ1n) is 6.52. The van der Waals surface area contributed by atoms with Crippen LogP contribution < -0.4 is 10.6 Å². The van der Waals surface area contributed by atoms with E-state index in [-0.39, 0.29) is 18.9 Å². The molecule has 0 radical (unpaired) electrons. The number of esters is 1. The van der Waals surface area contributed by atoms with Crippen molar-refractivity contribution in [1.29, 1.82) is 0 Å². The van der Waals surface area contributed by atoms with Crippen LogP contribution in [0.3, 0.4) is 0 Å². The summed E-state index contributed by atoms with van der Waals surface area (Å²) in [5, 5.41) is 4.90. The number of amides is 2. The zero-order chi connectivity index (χ0) is 15.2. The number of carbonyl (C=O) groups is 3. The van der Waals surface area contributed by atoms with E-state index in [0.717, 1.165) is 0 Å². The summed E-state index contributed by atoms with van der Waals surface area (Å²) in [4.78, 5) is 34.0. The maximum Gasteiger partial charge on any atom is 0.329 e. The van der Waals surface area contributed by atoms with Crippen LogP contribution in [0.1, 0.15) is 18.4 Å². The van der Waals surface area contributed by atoms with Gasteiger partial charge >= 0.3 is 5.97 Å². The zero-order valence-electron chi connectivity index (χ0n) is 11.2. The second-order valence-electron chi connectivity index (χ2n) is 4.63. The molecule has 0 bridgehead atoms. The smallest absolute Gasteiger partial charge is 0.329 e. The summed E-state index contributed by atoms with van der Waals surface area (Å²) < 4.78 is 18.1. The molecule has 1 atom stereocenters. The standard InChI is InChI=1S/C14H15FN2O4/c15-10-4-2-1-3-9(10)7-16-13(19)8-21-14(20)11-5-6-12(18)17-11/h1-4,11H,5-8H2,(H,16,19)(H,17,18)/t11-/m0/s1. The third-order valence-corrected chi connectivity index (χ3v) is 3.06. The predicted molar refractivity (Wildman–Crippen MR) is 70.4 cm³/mol. The molecule has 21 heavy (non-hydrogen) atoms. The second kappa shape index (κ2) is 6.83. The molecule has 1 aromatic carbocycles. The highest BCUT2D eigenvalue weighted by atomic mass is 19.1. The van der Waals surface area contributed by atoms with Gasteiger partial charge in [0, 0.05) is 18.5 Å². The Morgan fingerprint density at radius 1 is 1.38 bits per heavy atom. The molecule has 2 N–H and O–H groups in total. The fourth-order valence-corrected chi connectivity index (χ4v) is 1.91. The van der Waals surface area contributed by atoms with E-state index in [1.807, 2.05) is 0 Å². The van der Waals surface area contributed by atoms with Gasteiger partial charge in [-0.2, -0.15) is 0 Å². The highest BCUT2D eigenvalue weighted by molar-refractivity contribution is 5.89. The van der Waals surface area contributed by atoms with E-state index in [1.54, 1.807) is 18.2 Å². The van der Waals surface area contributed by atoms with Gasteiger partial charge in [-0.15, -0.1) is 0 Å². The number of nitrogens with one attached hydrogen (secondary N) is 2. The minimum Gasteiger partial charge on any atom is -0.454 e. The molecule has 2 amide bonds. The van der Waals surface area contributed by atoms with Crippen molar-refractivity contribution in [3.63, 3.8) is 0 Å². The lowest BCUT2D eigenvalue weighted by Crippen LogP contribution is -2.37. The Kier molecular flexibility index (Phi) is 4.86. The minimum atomic E-state index is -0.683. The summed E-state index contributed by atoms with van der Waals surface area (Å²) in [6, 6.07) is 5.38. The van der Waals surface area contributed by atoms with Gasteiger partial charge in [-0.3, -0.25) is 9.59 Å². The van der Waals surface area contributed by atoms with Crippen LogP contribution in [-0.2, 0) is 25.7 Å². The molecule has 1 heterocycles. The quantitative estimate of drug-likeness (QED) is 0.763. The molecule has 6 nitrogen and oxygen atoms in total. The van der Waals surface area contributed by atoms with Crippen molar-refractivity contribution in [2.24, 2.45) is 0 Å². The summed E-state index contributed by atoms with van der Waals surface area (Å²) >= 11 is 0. The summed E-state index contributed by atoms with van der Waals surface area (Å²) in [7, 11) is 0. The van der Waals surface area contributed by atoms with E-state index in [9.17, 15) is 18.8 Å². The highest BCUT2D eigenvalue weighted by Gasteiger charge is 2.28. The monoisotopic (exact) mass is 294 g/mol. The molecule has 0 aliphatic carbocycles. The molecule has 1 aliphatic rings. The molecule has 1 aromatic rings. The number of hydrogen-bond acceptors (Lipinski definition) is 4. The maximum atomic E-state index is 13.3. The Balaban J connectivity index is 1.71. The molecule has 2 rings (SSSR count). The Bertz CT molecular complexity index is 562. The topological polar surface area (TPSA) is 84.5 Å². The van der Waals surface area contributed by atoms with Crippen LogP contribution in [0.2, 0.25) is 0 Å². The number of halogens is 1. The first kappa shape index (κ1) is 15.0. The Labute approximate surface area is 120 Å². The van der Waals surface area contributed by atoms with Gasteiger partial charge in [0.15, 0.2) is 6.61 Å². The van der Waals surface area contributed by atoms with Gasteiger partial charge in [0.2, 0.25) is 5.91 Å². The van der Waals surface area contributed by atoms with Crippen LogP contribution in [0.5, 0.6) is 0 Å². The molecule has 7 heteroatoms. The van der Waals surface area contributed by atoms with Crippen molar-refractivity contribution in [1.82, 2.24) is 10.6 Å². The first-order valence-corrected chi connectivity index (χ1v) is 6.52. The molecule has 1 aliphatic heterocycles. The summed E-state index contributed by atoms with van der Waals surface area (Å²) in [6.45, 7) is -0.442. The van der Waals surface area contributed by atoms with Crippen LogP contribution in [0, 0.1) is 5.82 Å². The first-order chi connectivity index (χ1) is 10.1. The third kappa shape index (κ3) is 4.27. The average molecular weight is 294 g/mol. The summed E-state index contributed by atoms with van der Waals surface area (Å²) in [5.74, 6) is -1.79. The molecule has 0 unspecified atom stereocenters. The lowest BCUT2D eigenvalue weighted by Gasteiger charge is -2.10. The number of rotatable bonds is 5. The SMILES string of the molecule is O=C(COC(=O)[C@@H]1CCC(=O)N1)NCc1ccccc1F. The average Bonchev–Trinajstić information content (AvgIpc) is 2.90. The van der Waals surface area contributed by atoms with Gasteiger partial charge in [0.1, 0.15) is 11.9 Å². The lowest BCUT2D eigenvalue weighted by molar-refractivity contribution is -0.150. The van der Waals surface area contributed by atoms with Crippen molar-refractivity contribution in [3.8, 4) is 0 Å². The van der Waals surface area contributed by atoms with Crippen molar-refractivity contribution < 1.29 is 23.5 Å². The molecule has 0 saturated carbocycles. The highest BCUT2D eigenvalue weighted by Crippen LogP contribution is 2.08. The van der Waals surface area contributed by atoms with Gasteiger partial charge in [0.05, 0.1) is 0 Å². The maximum absolute atomic E-state index is 13.3. The van der Waals surface area contributed by atoms with Crippen LogP contribution >= 0.6 is 0 Å². The number of hydrogen-bond donors (Lipinski definition) is 2. The van der Waals surface area contributed by atoms with Crippen LogP contribution in [0.15, 0.2) is 24.3 Å². The van der Waals surface area contributed by atoms with Gasteiger partial charge in [-0.25, -0.2) is 9.18 Å². The van der Waals surface area contributed by atoms with E-state index < -0.39 is 30.3 Å². The Hall–Kier alpha value is -2.44. The predicted octanol–water partition coefficient (Wildman–Crippen LogP) is 0.264. The fraction of sp³-hybridized carbons (Fsp3) is 0.357. The van der Waals surface area contributed by atoms with Crippen molar-refractivity contribution in [3.05, 3.63) is 35.6 Å². The van der Waals surface area contributed by atoms with E-state index >= 15 is 0 Å². The minimum absolute atomic E-state index is 0.0171. The van der Waals surface area contributed by atoms with Crippen LogP contribution in [-0.4, -0.2) is 30.4 Å². The second-order valence-corrected chi connectivity index (χ2v) is 4.63. The summed E-state index contributed by atoms with van der Waals surface area (Å²) in [6.07, 6.45) is 0.647. The van der Waals surface area contributed by atoms with Crippen LogP contribution in [0.25, 0.3) is 0 Å². The molecular weight excluding hydrogens is 279 g/mol. The van der Waals surface area contributed by atoms with Crippen LogP contribution in [0.4, 0.5) is 4.39 Å². The van der Waals surface area contributed by atoms with E-state index in [2.05, 4.69) is 10.6 Å². The molecule has 1 saturated heterocycles. The molecule has 1 fully saturated rings. The molecule has 112 valence electrons. The molecular formula is C14H15FN2O4. The Morgan fingerprint density at radius 2 is 2.14 bits per heavy atom. The van der Waals surface area contributed by atoms with E-state index in [4.69, 9.17) is 4.74 Å². The molecule has 0 spiro atoms. The number of ether oxygens (including phenoxy) is 1. The number of carbonyl (C=O) groups excluding carboxylic acids is 3. The van der Waals surface area contributed by atoms with E-state index in [1.165, 1.54) is 6.07 Å². The third-order valence-electron chi connectivity index (χ3n) is 3.06. The van der Waals surface area contributed by atoms with Gasteiger partial charge in [0.25, 0.3) is 5.91 Å². The fourth-order valence-electron chi connectivity index (χ4n) is 1.91. The van der Waals surface area contributed by atoms with E-state index in [0.29, 0.717) is 12.0 Å². The summed E-state index contributed by atoms with van der Waals surface area (Å²) in [5.41, 5.74) is 0.347. The Morgan fingerprint density at radius 3 is 2.81 bits per heavy atom. The van der Waals surface area contributed by atoms with Gasteiger partial charge in [-0.1, -0.05) is 18.2 Å².